The molecule has 3 rings (SSSR count). The first-order valence-electron chi connectivity index (χ1n) is 6.96. The maximum atomic E-state index is 12.4. The van der Waals surface area contributed by atoms with Crippen molar-refractivity contribution in [2.24, 2.45) is 0 Å². The molecule has 0 saturated heterocycles. The molecular formula is C18H13Br2NO2. The van der Waals surface area contributed by atoms with Gasteiger partial charge in [-0.25, -0.2) is 0 Å². The van der Waals surface area contributed by atoms with E-state index >= 15 is 0 Å². The average molecular weight is 435 g/mol. The molecule has 0 aliphatic rings. The quantitative estimate of drug-likeness (QED) is 0.546. The molecule has 3 nitrogen and oxygen atoms in total. The lowest BCUT2D eigenvalue weighted by Crippen LogP contribution is -2.11. The second kappa shape index (κ2) is 6.72. The van der Waals surface area contributed by atoms with Crippen LogP contribution >= 0.6 is 31.9 Å². The summed E-state index contributed by atoms with van der Waals surface area (Å²) in [6.07, 6.45) is 0. The van der Waals surface area contributed by atoms with E-state index in [4.69, 9.17) is 4.42 Å². The Balaban J connectivity index is 1.84. The second-order valence-corrected chi connectivity index (χ2v) is 6.88. The molecule has 1 heterocycles. The van der Waals surface area contributed by atoms with Crippen LogP contribution in [0.1, 0.15) is 16.1 Å². The maximum absolute atomic E-state index is 12.4. The lowest BCUT2D eigenvalue weighted by Gasteiger charge is -2.03. The van der Waals surface area contributed by atoms with Gasteiger partial charge in [0.1, 0.15) is 11.5 Å². The highest BCUT2D eigenvalue weighted by Gasteiger charge is 2.16. The minimum Gasteiger partial charge on any atom is -0.461 e. The van der Waals surface area contributed by atoms with Gasteiger partial charge in [0.15, 0.2) is 0 Å². The normalized spacial score (nSPS) is 10.6. The number of benzene rings is 2. The Morgan fingerprint density at radius 3 is 2.13 bits per heavy atom. The molecule has 1 aromatic heterocycles. The van der Waals surface area contributed by atoms with Gasteiger partial charge >= 0.3 is 0 Å². The lowest BCUT2D eigenvalue weighted by atomic mass is 10.1. The zero-order chi connectivity index (χ0) is 16.4. The Morgan fingerprint density at radius 2 is 1.52 bits per heavy atom. The molecule has 0 saturated carbocycles. The van der Waals surface area contributed by atoms with Crippen molar-refractivity contribution in [3.8, 4) is 11.3 Å². The first-order valence-corrected chi connectivity index (χ1v) is 8.55. The van der Waals surface area contributed by atoms with E-state index in [2.05, 4.69) is 37.2 Å². The molecule has 116 valence electrons. The number of furan rings is 1. The van der Waals surface area contributed by atoms with Gasteiger partial charge in [-0.1, -0.05) is 44.0 Å². The number of hydrogen-bond donors (Lipinski definition) is 1. The average Bonchev–Trinajstić information content (AvgIpc) is 2.92. The van der Waals surface area contributed by atoms with Crippen molar-refractivity contribution in [2.45, 2.75) is 6.92 Å². The number of carbonyl (C=O) groups is 1. The summed E-state index contributed by atoms with van der Waals surface area (Å²) in [6, 6.07) is 17.0. The van der Waals surface area contributed by atoms with E-state index in [9.17, 15) is 4.79 Å². The first kappa shape index (κ1) is 16.0. The Labute approximate surface area is 151 Å². The summed E-state index contributed by atoms with van der Waals surface area (Å²) in [5.41, 5.74) is 2.20. The van der Waals surface area contributed by atoms with Crippen LogP contribution in [0.4, 0.5) is 5.69 Å². The monoisotopic (exact) mass is 433 g/mol. The molecule has 1 N–H and O–H groups in total. The van der Waals surface area contributed by atoms with Crippen LogP contribution in [0.15, 0.2) is 68.0 Å². The predicted octanol–water partition coefficient (Wildman–Crippen LogP) is 6.03. The number of anilines is 1. The predicted molar refractivity (Wildman–Crippen MR) is 98.7 cm³/mol. The van der Waals surface area contributed by atoms with E-state index in [1.165, 1.54) is 0 Å². The summed E-state index contributed by atoms with van der Waals surface area (Å²) in [6.45, 7) is 1.79. The highest BCUT2D eigenvalue weighted by molar-refractivity contribution is 9.10. The molecule has 1 amide bonds. The van der Waals surface area contributed by atoms with E-state index in [0.29, 0.717) is 17.1 Å². The third-order valence-electron chi connectivity index (χ3n) is 3.39. The third-order valence-corrected chi connectivity index (χ3v) is 4.45. The molecule has 2 aromatic carbocycles. The van der Waals surface area contributed by atoms with Crippen molar-refractivity contribution in [3.63, 3.8) is 0 Å². The summed E-state index contributed by atoms with van der Waals surface area (Å²) < 4.78 is 7.70. The topological polar surface area (TPSA) is 42.2 Å². The highest BCUT2D eigenvalue weighted by Crippen LogP contribution is 2.27. The molecule has 0 atom stereocenters. The first-order chi connectivity index (χ1) is 11.0. The Kier molecular flexibility index (Phi) is 4.68. The van der Waals surface area contributed by atoms with E-state index in [1.54, 1.807) is 13.0 Å². The smallest absolute Gasteiger partial charge is 0.259 e. The van der Waals surface area contributed by atoms with Crippen LogP contribution in [0.5, 0.6) is 0 Å². The summed E-state index contributed by atoms with van der Waals surface area (Å²) in [7, 11) is 0. The molecule has 0 unspecified atom stereocenters. The fourth-order valence-electron chi connectivity index (χ4n) is 2.20. The van der Waals surface area contributed by atoms with Crippen LogP contribution in [-0.2, 0) is 0 Å². The zero-order valence-corrected chi connectivity index (χ0v) is 15.4. The standard InChI is InChI=1S/C18H13Br2NO2/c1-11-16(18(22)21-15-8-6-14(20)7-9-15)10-17(23-11)12-2-4-13(19)5-3-12/h2-10H,1H3,(H,21,22). The molecule has 3 aromatic rings. The highest BCUT2D eigenvalue weighted by atomic mass is 79.9. The van der Waals surface area contributed by atoms with E-state index in [-0.39, 0.29) is 5.91 Å². The second-order valence-electron chi connectivity index (χ2n) is 5.05. The van der Waals surface area contributed by atoms with Gasteiger partial charge in [0.05, 0.1) is 5.56 Å². The number of halogens is 2. The molecule has 23 heavy (non-hydrogen) atoms. The fraction of sp³-hybridized carbons (Fsp3) is 0.0556. The number of carbonyl (C=O) groups excluding carboxylic acids is 1. The SMILES string of the molecule is Cc1oc(-c2ccc(Br)cc2)cc1C(=O)Nc1ccc(Br)cc1. The molecule has 0 aliphatic heterocycles. The van der Waals surface area contributed by atoms with Gasteiger partial charge in [-0.15, -0.1) is 0 Å². The number of nitrogens with one attached hydrogen (secondary N) is 1. The van der Waals surface area contributed by atoms with Crippen molar-refractivity contribution < 1.29 is 9.21 Å². The van der Waals surface area contributed by atoms with Crippen LogP contribution < -0.4 is 5.32 Å². The molecule has 0 bridgehead atoms. The number of amides is 1. The van der Waals surface area contributed by atoms with Crippen molar-refractivity contribution in [1.82, 2.24) is 0 Å². The summed E-state index contributed by atoms with van der Waals surface area (Å²) in [4.78, 5) is 12.4. The van der Waals surface area contributed by atoms with Gasteiger partial charge in [-0.05, 0) is 49.4 Å². The molecule has 0 fully saturated rings. The van der Waals surface area contributed by atoms with Gasteiger partial charge < -0.3 is 9.73 Å². The largest absolute Gasteiger partial charge is 0.461 e. The van der Waals surface area contributed by atoms with Crippen molar-refractivity contribution in [1.29, 1.82) is 0 Å². The van der Waals surface area contributed by atoms with Crippen molar-refractivity contribution in [3.05, 3.63) is 74.9 Å². The number of rotatable bonds is 3. The Bertz CT molecular complexity index is 836. The minimum absolute atomic E-state index is 0.183. The van der Waals surface area contributed by atoms with Crippen LogP contribution in [0.3, 0.4) is 0 Å². The van der Waals surface area contributed by atoms with E-state index in [0.717, 1.165) is 20.2 Å². The summed E-state index contributed by atoms with van der Waals surface area (Å²) in [5, 5.41) is 2.87. The zero-order valence-electron chi connectivity index (χ0n) is 12.3. The van der Waals surface area contributed by atoms with Crippen molar-refractivity contribution >= 4 is 43.5 Å². The molecule has 5 heteroatoms. The van der Waals surface area contributed by atoms with E-state index < -0.39 is 0 Å². The van der Waals surface area contributed by atoms with Crippen LogP contribution in [0, 0.1) is 6.92 Å². The number of hydrogen-bond acceptors (Lipinski definition) is 2. The fourth-order valence-corrected chi connectivity index (χ4v) is 2.72. The maximum Gasteiger partial charge on any atom is 0.259 e. The summed E-state index contributed by atoms with van der Waals surface area (Å²) >= 11 is 6.78. The molecular weight excluding hydrogens is 422 g/mol. The molecule has 0 spiro atoms. The Morgan fingerprint density at radius 1 is 0.957 bits per heavy atom. The molecule has 0 radical (unpaired) electrons. The van der Waals surface area contributed by atoms with Gasteiger partial charge in [-0.3, -0.25) is 4.79 Å². The number of aryl methyl sites for hydroxylation is 1. The van der Waals surface area contributed by atoms with Gasteiger partial charge in [-0.2, -0.15) is 0 Å². The van der Waals surface area contributed by atoms with Crippen LogP contribution in [0.2, 0.25) is 0 Å². The van der Waals surface area contributed by atoms with Gasteiger partial charge in [0, 0.05) is 20.2 Å². The minimum atomic E-state index is -0.183. The Hall–Kier alpha value is -1.85. The van der Waals surface area contributed by atoms with Gasteiger partial charge in [0.25, 0.3) is 5.91 Å². The lowest BCUT2D eigenvalue weighted by molar-refractivity contribution is 0.102. The van der Waals surface area contributed by atoms with Crippen molar-refractivity contribution in [2.75, 3.05) is 5.32 Å². The third kappa shape index (κ3) is 3.74. The van der Waals surface area contributed by atoms with E-state index in [1.807, 2.05) is 48.5 Å². The molecule has 0 aliphatic carbocycles. The summed E-state index contributed by atoms with van der Waals surface area (Å²) in [5.74, 6) is 1.09. The van der Waals surface area contributed by atoms with Gasteiger partial charge in [0.2, 0.25) is 0 Å². The van der Waals surface area contributed by atoms with Crippen LogP contribution in [0.25, 0.3) is 11.3 Å². The van der Waals surface area contributed by atoms with Crippen LogP contribution in [-0.4, -0.2) is 5.91 Å².